The summed E-state index contributed by atoms with van der Waals surface area (Å²) in [7, 11) is 0. The highest BCUT2D eigenvalue weighted by Gasteiger charge is 2.31. The van der Waals surface area contributed by atoms with Crippen LogP contribution in [0.15, 0.2) is 73.1 Å². The summed E-state index contributed by atoms with van der Waals surface area (Å²) in [4.78, 5) is 21.4. The summed E-state index contributed by atoms with van der Waals surface area (Å²) in [5, 5.41) is 2.42. The van der Waals surface area contributed by atoms with Gasteiger partial charge in [-0.1, -0.05) is 160 Å². The Balaban J connectivity index is 1.06. The minimum absolute atomic E-state index is 0.904. The number of nitrogens with zero attached hydrogens (tertiary/aromatic N) is 4. The molecule has 0 spiro atoms. The molecule has 0 saturated carbocycles. The number of aryl methyl sites for hydroxylation is 1. The van der Waals surface area contributed by atoms with Gasteiger partial charge in [-0.25, -0.2) is 0 Å². The third kappa shape index (κ3) is 11.6. The first-order valence-electron chi connectivity index (χ1n) is 24.0. The standard InChI is InChI=1S/C54H68N4S4/c1-5-7-9-11-13-15-17-19-21-23-33-57-40(4)43-35-46-44(36-45(43)53(57)59)52(58(54(46)60)34-24-22-20-18-16-14-12-10-8-6-2)47-28-27-42(38-56-47)49-30-32-51(62-49)50-31-29-48(61-50)41-26-25-39(3)55-37-41/h25-32,35-38H,5-24,33-34H2,1-4H3. The van der Waals surface area contributed by atoms with E-state index in [0.717, 1.165) is 63.3 Å². The lowest BCUT2D eigenvalue weighted by Crippen LogP contribution is -2.26. The summed E-state index contributed by atoms with van der Waals surface area (Å²) in [6, 6.07) is 22.3. The second-order valence-corrected chi connectivity index (χ2v) is 20.5. The third-order valence-corrected chi connectivity index (χ3v) is 16.2. The maximum atomic E-state index is 6.37. The lowest BCUT2D eigenvalue weighted by atomic mass is 10.1. The van der Waals surface area contributed by atoms with Crippen LogP contribution in [0.4, 0.5) is 0 Å². The van der Waals surface area contributed by atoms with E-state index in [1.54, 1.807) is 0 Å². The molecule has 62 heavy (non-hydrogen) atoms. The molecular formula is C54H68N4S4. The number of aromatic nitrogens is 2. The van der Waals surface area contributed by atoms with E-state index in [9.17, 15) is 0 Å². The van der Waals surface area contributed by atoms with E-state index in [1.165, 1.54) is 163 Å². The monoisotopic (exact) mass is 900 g/mol. The topological polar surface area (TPSA) is 32.3 Å². The first-order chi connectivity index (χ1) is 30.4. The second-order valence-electron chi connectivity index (χ2n) is 17.6. The summed E-state index contributed by atoms with van der Waals surface area (Å²) in [6.07, 6.45) is 30.5. The van der Waals surface area contributed by atoms with Gasteiger partial charge in [0, 0.05) is 89.1 Å². The number of thiophene rings is 2. The Kier molecular flexibility index (Phi) is 17.5. The number of pyridine rings is 2. The molecule has 0 saturated heterocycles. The van der Waals surface area contributed by atoms with Crippen molar-refractivity contribution in [2.75, 3.05) is 13.1 Å². The molecule has 328 valence electrons. The molecule has 0 fully saturated rings. The van der Waals surface area contributed by atoms with Gasteiger partial charge in [0.1, 0.15) is 9.98 Å². The van der Waals surface area contributed by atoms with E-state index in [4.69, 9.17) is 29.4 Å². The molecule has 2 aliphatic heterocycles. The van der Waals surface area contributed by atoms with Gasteiger partial charge in [0.25, 0.3) is 0 Å². The van der Waals surface area contributed by atoms with Gasteiger partial charge in [-0.15, -0.1) is 22.7 Å². The Morgan fingerprint density at radius 1 is 0.468 bits per heavy atom. The summed E-state index contributed by atoms with van der Waals surface area (Å²) >= 11 is 16.3. The zero-order valence-electron chi connectivity index (χ0n) is 37.9. The Labute approximate surface area is 391 Å². The normalized spacial score (nSPS) is 13.5. The second kappa shape index (κ2) is 23.4. The highest BCUT2D eigenvalue weighted by Crippen LogP contribution is 2.40. The lowest BCUT2D eigenvalue weighted by Gasteiger charge is -2.23. The molecule has 6 heterocycles. The largest absolute Gasteiger partial charge is 0.336 e. The lowest BCUT2D eigenvalue weighted by molar-refractivity contribution is 0.511. The molecule has 4 nitrogen and oxygen atoms in total. The fourth-order valence-electron chi connectivity index (χ4n) is 9.10. The van der Waals surface area contributed by atoms with E-state index >= 15 is 0 Å². The smallest absolute Gasteiger partial charge is 0.114 e. The summed E-state index contributed by atoms with van der Waals surface area (Å²) in [5.41, 5.74) is 9.03. The van der Waals surface area contributed by atoms with Crippen molar-refractivity contribution in [2.24, 2.45) is 0 Å². The van der Waals surface area contributed by atoms with Gasteiger partial charge in [-0.05, 0) is 81.3 Å². The molecule has 0 radical (unpaired) electrons. The van der Waals surface area contributed by atoms with Crippen molar-refractivity contribution in [2.45, 2.75) is 156 Å². The van der Waals surface area contributed by atoms with Gasteiger partial charge < -0.3 is 9.80 Å². The van der Waals surface area contributed by atoms with Gasteiger partial charge in [-0.3, -0.25) is 9.97 Å². The van der Waals surface area contributed by atoms with E-state index in [-0.39, 0.29) is 0 Å². The molecule has 2 aliphatic rings. The van der Waals surface area contributed by atoms with Crippen LogP contribution >= 0.6 is 47.1 Å². The van der Waals surface area contributed by atoms with Crippen molar-refractivity contribution in [3.05, 3.63) is 106 Å². The fraction of sp³-hybridized carbons (Fsp3) is 0.481. The minimum atomic E-state index is 0.904. The summed E-state index contributed by atoms with van der Waals surface area (Å²) in [5.74, 6) is 0. The maximum Gasteiger partial charge on any atom is 0.114 e. The van der Waals surface area contributed by atoms with Crippen molar-refractivity contribution >= 4 is 68.5 Å². The first-order valence-corrected chi connectivity index (χ1v) is 26.5. The highest BCUT2D eigenvalue weighted by molar-refractivity contribution is 7.81. The predicted octanol–water partition coefficient (Wildman–Crippen LogP) is 15.0. The van der Waals surface area contributed by atoms with Gasteiger partial charge in [0.15, 0.2) is 0 Å². The molecule has 0 bridgehead atoms. The summed E-state index contributed by atoms with van der Waals surface area (Å²) < 4.78 is 0. The van der Waals surface area contributed by atoms with Gasteiger partial charge in [-0.2, -0.15) is 0 Å². The van der Waals surface area contributed by atoms with Crippen LogP contribution in [0.2, 0.25) is 0 Å². The Morgan fingerprint density at radius 3 is 1.40 bits per heavy atom. The van der Waals surface area contributed by atoms with Crippen LogP contribution in [0.1, 0.15) is 172 Å². The average molecular weight is 901 g/mol. The highest BCUT2D eigenvalue weighted by atomic mass is 32.1. The molecule has 0 unspecified atom stereocenters. The van der Waals surface area contributed by atoms with Crippen LogP contribution in [0.25, 0.3) is 42.0 Å². The van der Waals surface area contributed by atoms with Gasteiger partial charge in [0.2, 0.25) is 0 Å². The Bertz CT molecular complexity index is 2370. The molecule has 0 aliphatic carbocycles. The number of thiocarbonyl (C=S) groups is 2. The predicted molar refractivity (Wildman–Crippen MR) is 277 cm³/mol. The first kappa shape index (κ1) is 46.4. The molecule has 7 rings (SSSR count). The van der Waals surface area contributed by atoms with E-state index in [2.05, 4.69) is 102 Å². The zero-order valence-corrected chi connectivity index (χ0v) is 41.2. The number of rotatable bonds is 26. The molecule has 8 heteroatoms. The zero-order chi connectivity index (χ0) is 43.3. The van der Waals surface area contributed by atoms with Crippen LogP contribution in [0.5, 0.6) is 0 Å². The van der Waals surface area contributed by atoms with E-state index in [0.29, 0.717) is 0 Å². The van der Waals surface area contributed by atoms with Gasteiger partial charge >= 0.3 is 0 Å². The van der Waals surface area contributed by atoms with Crippen LogP contribution in [0.3, 0.4) is 0 Å². The number of unbranched alkanes of at least 4 members (excludes halogenated alkanes) is 18. The molecule has 4 aromatic heterocycles. The summed E-state index contributed by atoms with van der Waals surface area (Å²) in [6.45, 7) is 10.8. The van der Waals surface area contributed by atoms with Crippen LogP contribution in [-0.4, -0.2) is 42.8 Å². The molecular weight excluding hydrogens is 833 g/mol. The fourth-order valence-corrected chi connectivity index (χ4v) is 11.9. The Hall–Kier alpha value is -3.56. The van der Waals surface area contributed by atoms with Crippen LogP contribution in [-0.2, 0) is 0 Å². The SMILES string of the molecule is CCCCCCCCCCCCN1C(=S)c2cc3c(cc2=C1C)C(=S)N(CCCCCCCCCCCC)C=3c1ccc(-c2ccc(-c3ccc(-c4ccc(C)nc4)s3)s2)cn1. The number of fused-ring (bicyclic) bond motifs is 2. The number of hydrogen-bond donors (Lipinski definition) is 0. The van der Waals surface area contributed by atoms with Crippen molar-refractivity contribution in [1.82, 2.24) is 19.8 Å². The third-order valence-electron chi connectivity index (χ3n) is 12.8. The van der Waals surface area contributed by atoms with E-state index in [1.807, 2.05) is 35.8 Å². The minimum Gasteiger partial charge on any atom is -0.336 e. The van der Waals surface area contributed by atoms with E-state index < -0.39 is 0 Å². The quantitative estimate of drug-likeness (QED) is 0.0406. The molecule has 0 atom stereocenters. The number of benzene rings is 1. The molecule has 5 aromatic rings. The number of hydrogen-bond acceptors (Lipinski definition) is 6. The van der Waals surface area contributed by atoms with Gasteiger partial charge in [0.05, 0.1) is 11.4 Å². The van der Waals surface area contributed by atoms with Crippen molar-refractivity contribution < 1.29 is 0 Å². The van der Waals surface area contributed by atoms with Crippen LogP contribution < -0.4 is 10.4 Å². The van der Waals surface area contributed by atoms with Crippen molar-refractivity contribution in [3.63, 3.8) is 0 Å². The molecule has 0 amide bonds. The molecule has 1 aromatic carbocycles. The maximum absolute atomic E-state index is 6.37. The molecule has 0 N–H and O–H groups in total. The average Bonchev–Trinajstić information content (AvgIpc) is 4.08. The van der Waals surface area contributed by atoms with Crippen molar-refractivity contribution in [1.29, 1.82) is 0 Å². The van der Waals surface area contributed by atoms with Crippen molar-refractivity contribution in [3.8, 4) is 30.6 Å². The Morgan fingerprint density at radius 2 is 0.903 bits per heavy atom. The van der Waals surface area contributed by atoms with Crippen LogP contribution in [0, 0.1) is 6.92 Å².